The summed E-state index contributed by atoms with van der Waals surface area (Å²) in [6.45, 7) is 3.10. The molecule has 6 heteroatoms. The van der Waals surface area contributed by atoms with Crippen molar-refractivity contribution in [2.75, 3.05) is 0 Å². The Balaban J connectivity index is 2.19. The summed E-state index contributed by atoms with van der Waals surface area (Å²) in [5.41, 5.74) is 1.04. The maximum atomic E-state index is 13.2. The smallest absolute Gasteiger partial charge is 0.416 e. The van der Waals surface area contributed by atoms with Gasteiger partial charge in [-0.1, -0.05) is 30.3 Å². The molecular weight excluding hydrogens is 367 g/mol. The van der Waals surface area contributed by atoms with E-state index in [-0.39, 0.29) is 11.5 Å². The second-order valence-corrected chi connectivity index (χ2v) is 6.74. The second kappa shape index (κ2) is 6.12. The first-order valence-corrected chi connectivity index (χ1v) is 8.64. The molecule has 0 unspecified atom stereocenters. The summed E-state index contributed by atoms with van der Waals surface area (Å²) in [6, 6.07) is 13.6. The number of halogens is 3. The Morgan fingerprint density at radius 3 is 2.29 bits per heavy atom. The number of rotatable bonds is 2. The van der Waals surface area contributed by atoms with E-state index in [2.05, 4.69) is 0 Å². The zero-order chi connectivity index (χ0) is 20.2. The first-order valence-electron chi connectivity index (χ1n) is 8.64. The van der Waals surface area contributed by atoms with Crippen molar-refractivity contribution in [3.8, 4) is 11.4 Å². The average Bonchev–Trinajstić information content (AvgIpc) is 2.93. The van der Waals surface area contributed by atoms with Crippen molar-refractivity contribution in [3.63, 3.8) is 0 Å². The van der Waals surface area contributed by atoms with Crippen LogP contribution in [-0.4, -0.2) is 15.5 Å². The van der Waals surface area contributed by atoms with Gasteiger partial charge in [-0.2, -0.15) is 13.2 Å². The molecular formula is C22H16F3NO2. The Kier molecular flexibility index (Phi) is 3.96. The van der Waals surface area contributed by atoms with Crippen LogP contribution in [0.2, 0.25) is 0 Å². The summed E-state index contributed by atoms with van der Waals surface area (Å²) >= 11 is 0. The lowest BCUT2D eigenvalue weighted by Crippen LogP contribution is -2.07. The van der Waals surface area contributed by atoms with E-state index < -0.39 is 11.7 Å². The molecule has 0 bridgehead atoms. The lowest BCUT2D eigenvalue weighted by atomic mass is 10.0. The molecule has 0 saturated carbocycles. The molecule has 0 radical (unpaired) electrons. The van der Waals surface area contributed by atoms with E-state index in [1.54, 1.807) is 41.8 Å². The molecule has 0 amide bonds. The molecule has 4 aromatic rings. The molecule has 3 nitrogen and oxygen atoms in total. The van der Waals surface area contributed by atoms with E-state index in [0.29, 0.717) is 38.6 Å². The Labute approximate surface area is 158 Å². The van der Waals surface area contributed by atoms with Gasteiger partial charge in [-0.05, 0) is 38.1 Å². The molecule has 28 heavy (non-hydrogen) atoms. The average molecular weight is 383 g/mol. The number of phenolic OH excluding ortho intramolecular Hbond substituents is 1. The van der Waals surface area contributed by atoms with Gasteiger partial charge in [0.25, 0.3) is 0 Å². The predicted octanol–water partition coefficient (Wildman–Crippen LogP) is 6.02. The van der Waals surface area contributed by atoms with E-state index in [4.69, 9.17) is 0 Å². The van der Waals surface area contributed by atoms with Gasteiger partial charge in [0.15, 0.2) is 5.78 Å². The normalized spacial score (nSPS) is 12.0. The first kappa shape index (κ1) is 18.1. The Morgan fingerprint density at radius 1 is 0.964 bits per heavy atom. The van der Waals surface area contributed by atoms with Gasteiger partial charge in [0.05, 0.1) is 11.1 Å². The topological polar surface area (TPSA) is 42.2 Å². The summed E-state index contributed by atoms with van der Waals surface area (Å²) in [4.78, 5) is 12.3. The van der Waals surface area contributed by atoms with E-state index in [9.17, 15) is 23.1 Å². The van der Waals surface area contributed by atoms with Gasteiger partial charge < -0.3 is 9.67 Å². The number of alkyl halides is 3. The summed E-state index contributed by atoms with van der Waals surface area (Å²) in [5.74, 6) is -0.199. The quantitative estimate of drug-likeness (QED) is 0.430. The second-order valence-electron chi connectivity index (χ2n) is 6.74. The number of ketones is 1. The summed E-state index contributed by atoms with van der Waals surface area (Å²) in [5, 5.41) is 12.2. The molecule has 0 aliphatic carbocycles. The summed E-state index contributed by atoms with van der Waals surface area (Å²) in [7, 11) is 0. The number of nitrogens with zero attached hydrogens (tertiary/aromatic N) is 1. The zero-order valence-corrected chi connectivity index (χ0v) is 15.1. The number of aromatic nitrogens is 1. The number of benzene rings is 3. The fourth-order valence-corrected chi connectivity index (χ4v) is 3.84. The van der Waals surface area contributed by atoms with Crippen molar-refractivity contribution in [1.29, 1.82) is 0 Å². The highest BCUT2D eigenvalue weighted by Crippen LogP contribution is 2.39. The van der Waals surface area contributed by atoms with Crippen molar-refractivity contribution >= 4 is 27.5 Å². The van der Waals surface area contributed by atoms with E-state index in [0.717, 1.165) is 12.1 Å². The molecule has 1 heterocycles. The Bertz CT molecular complexity index is 1250. The monoisotopic (exact) mass is 383 g/mol. The molecule has 1 N–H and O–H groups in total. The number of fused-ring (bicyclic) bond motifs is 3. The summed E-state index contributed by atoms with van der Waals surface area (Å²) in [6.07, 6.45) is -4.48. The zero-order valence-electron chi connectivity index (χ0n) is 15.1. The Morgan fingerprint density at radius 2 is 1.64 bits per heavy atom. The highest BCUT2D eigenvalue weighted by molar-refractivity contribution is 6.17. The number of hydrogen-bond donors (Lipinski definition) is 1. The fourth-order valence-electron chi connectivity index (χ4n) is 3.84. The van der Waals surface area contributed by atoms with Crippen LogP contribution >= 0.6 is 0 Å². The molecule has 0 aliphatic rings. The SMILES string of the molecule is CC(=O)c1c(C)n(-c2cccc(C(F)(F)F)c2)c2c1cc(O)c1ccccc12. The highest BCUT2D eigenvalue weighted by atomic mass is 19.4. The van der Waals surface area contributed by atoms with Gasteiger partial charge >= 0.3 is 6.18 Å². The molecule has 1 aromatic heterocycles. The molecule has 4 rings (SSSR count). The van der Waals surface area contributed by atoms with Crippen LogP contribution in [0.3, 0.4) is 0 Å². The van der Waals surface area contributed by atoms with Crippen molar-refractivity contribution in [3.05, 3.63) is 71.4 Å². The van der Waals surface area contributed by atoms with E-state index >= 15 is 0 Å². The minimum absolute atomic E-state index is 0.0202. The number of hydrogen-bond acceptors (Lipinski definition) is 2. The number of phenols is 1. The lowest BCUT2D eigenvalue weighted by Gasteiger charge is -2.13. The van der Waals surface area contributed by atoms with Crippen LogP contribution in [-0.2, 0) is 6.18 Å². The summed E-state index contributed by atoms with van der Waals surface area (Å²) < 4.78 is 41.4. The van der Waals surface area contributed by atoms with Gasteiger partial charge in [-0.25, -0.2) is 0 Å². The fraction of sp³-hybridized carbons (Fsp3) is 0.136. The van der Waals surface area contributed by atoms with Crippen LogP contribution in [0.1, 0.15) is 28.5 Å². The van der Waals surface area contributed by atoms with Gasteiger partial charge in [0.1, 0.15) is 5.75 Å². The van der Waals surface area contributed by atoms with Gasteiger partial charge in [0, 0.05) is 33.1 Å². The van der Waals surface area contributed by atoms with Crippen LogP contribution in [0.15, 0.2) is 54.6 Å². The number of carbonyl (C=O) groups excluding carboxylic acids is 1. The molecule has 0 aliphatic heterocycles. The molecule has 0 fully saturated rings. The minimum atomic E-state index is -4.48. The maximum Gasteiger partial charge on any atom is 0.416 e. The maximum absolute atomic E-state index is 13.2. The third kappa shape index (κ3) is 2.64. The third-order valence-corrected chi connectivity index (χ3v) is 4.97. The number of Topliss-reactive ketones (excluding diaryl/α,β-unsaturated/α-hetero) is 1. The molecule has 0 spiro atoms. The van der Waals surface area contributed by atoms with Crippen LogP contribution in [0.25, 0.3) is 27.4 Å². The highest BCUT2D eigenvalue weighted by Gasteiger charge is 2.31. The molecule has 3 aromatic carbocycles. The van der Waals surface area contributed by atoms with Crippen LogP contribution in [0.5, 0.6) is 5.75 Å². The Hall–Kier alpha value is -3.28. The number of carbonyl (C=O) groups is 1. The van der Waals surface area contributed by atoms with E-state index in [1.165, 1.54) is 19.1 Å². The molecule has 0 saturated heterocycles. The third-order valence-electron chi connectivity index (χ3n) is 4.97. The molecule has 142 valence electrons. The van der Waals surface area contributed by atoms with E-state index in [1.807, 2.05) is 0 Å². The predicted molar refractivity (Wildman–Crippen MR) is 102 cm³/mol. The van der Waals surface area contributed by atoms with Crippen molar-refractivity contribution < 1.29 is 23.1 Å². The van der Waals surface area contributed by atoms with Crippen molar-refractivity contribution in [2.24, 2.45) is 0 Å². The van der Waals surface area contributed by atoms with Crippen molar-refractivity contribution in [2.45, 2.75) is 20.0 Å². The minimum Gasteiger partial charge on any atom is -0.507 e. The van der Waals surface area contributed by atoms with Crippen LogP contribution < -0.4 is 0 Å². The van der Waals surface area contributed by atoms with Gasteiger partial charge in [-0.3, -0.25) is 4.79 Å². The standard InChI is InChI=1S/C22H16F3NO2/c1-12-20(13(2)27)18-11-19(28)16-8-3-4-9-17(16)21(18)26(12)15-7-5-6-14(10-15)22(23,24)25/h3-11,28H,1-2H3. The van der Waals surface area contributed by atoms with Crippen LogP contribution in [0, 0.1) is 6.92 Å². The number of aromatic hydroxyl groups is 1. The van der Waals surface area contributed by atoms with Crippen LogP contribution in [0.4, 0.5) is 13.2 Å². The van der Waals surface area contributed by atoms with Crippen molar-refractivity contribution in [1.82, 2.24) is 4.57 Å². The van der Waals surface area contributed by atoms with Gasteiger partial charge in [-0.15, -0.1) is 0 Å². The largest absolute Gasteiger partial charge is 0.507 e. The molecule has 0 atom stereocenters. The lowest BCUT2D eigenvalue weighted by molar-refractivity contribution is -0.137. The first-order chi connectivity index (χ1) is 13.2. The van der Waals surface area contributed by atoms with Gasteiger partial charge in [0.2, 0.25) is 0 Å².